The molecule has 3 heterocycles. The van der Waals surface area contributed by atoms with E-state index in [4.69, 9.17) is 23.6 Å². The minimum atomic E-state index is -0.535. The molecule has 0 unspecified atom stereocenters. The first-order valence-electron chi connectivity index (χ1n) is 11.7. The lowest BCUT2D eigenvalue weighted by Crippen LogP contribution is -2.02. The number of aromatic nitrogens is 3. The molecule has 0 spiro atoms. The molecule has 3 aromatic heterocycles. The largest absolute Gasteiger partial charge is 0.501 e. The third-order valence-electron chi connectivity index (χ3n) is 6.20. The highest BCUT2D eigenvalue weighted by atomic mass is 16.5. The molecule has 5 aromatic rings. The quantitative estimate of drug-likeness (QED) is 0.308. The van der Waals surface area contributed by atoms with E-state index in [1.807, 2.05) is 48.7 Å². The van der Waals surface area contributed by atoms with Crippen molar-refractivity contribution in [3.05, 3.63) is 70.7 Å². The predicted molar refractivity (Wildman–Crippen MR) is 140 cm³/mol. The summed E-state index contributed by atoms with van der Waals surface area (Å²) in [6, 6.07) is 14.5. The van der Waals surface area contributed by atoms with Gasteiger partial charge in [0.25, 0.3) is 0 Å². The van der Waals surface area contributed by atoms with E-state index in [-0.39, 0.29) is 5.76 Å². The van der Waals surface area contributed by atoms with Crippen LogP contribution in [0.3, 0.4) is 0 Å². The standard InChI is InChI=1S/C28H27N3O6/c1-16-12-23(32)26(33)27(37-16)25-24(17-6-5-7-18(13-17)35-3)29-28(30-25)21-15-31(10-11-34-2)22-9-8-19(36-4)14-20(21)22/h5-9,12-15,33H,10-11H2,1-4H3,(H,29,30). The first-order valence-corrected chi connectivity index (χ1v) is 11.7. The van der Waals surface area contributed by atoms with Crippen molar-refractivity contribution in [1.29, 1.82) is 0 Å². The van der Waals surface area contributed by atoms with Crippen molar-refractivity contribution in [1.82, 2.24) is 14.5 Å². The second-order valence-corrected chi connectivity index (χ2v) is 8.55. The van der Waals surface area contributed by atoms with Gasteiger partial charge < -0.3 is 33.3 Å². The van der Waals surface area contributed by atoms with Crippen molar-refractivity contribution >= 4 is 10.9 Å². The molecule has 0 atom stereocenters. The minimum absolute atomic E-state index is 0.0160. The number of imidazole rings is 1. The third kappa shape index (κ3) is 4.45. The number of nitrogens with one attached hydrogen (secondary N) is 1. The summed E-state index contributed by atoms with van der Waals surface area (Å²) < 4.78 is 24.1. The summed E-state index contributed by atoms with van der Waals surface area (Å²) in [6.45, 7) is 2.84. The lowest BCUT2D eigenvalue weighted by molar-refractivity contribution is 0.188. The Kier molecular flexibility index (Phi) is 6.45. The van der Waals surface area contributed by atoms with Gasteiger partial charge >= 0.3 is 0 Å². The summed E-state index contributed by atoms with van der Waals surface area (Å²) in [4.78, 5) is 20.7. The third-order valence-corrected chi connectivity index (χ3v) is 6.20. The fourth-order valence-electron chi connectivity index (χ4n) is 4.38. The van der Waals surface area contributed by atoms with Gasteiger partial charge in [-0.2, -0.15) is 0 Å². The van der Waals surface area contributed by atoms with E-state index in [9.17, 15) is 9.90 Å². The van der Waals surface area contributed by atoms with E-state index in [0.717, 1.165) is 22.0 Å². The average molecular weight is 502 g/mol. The summed E-state index contributed by atoms with van der Waals surface area (Å²) in [5, 5.41) is 11.6. The molecule has 0 amide bonds. The molecular weight excluding hydrogens is 474 g/mol. The fraction of sp³-hybridized carbons (Fsp3) is 0.214. The van der Waals surface area contributed by atoms with E-state index >= 15 is 0 Å². The van der Waals surface area contributed by atoms with Crippen LogP contribution in [0.4, 0.5) is 0 Å². The van der Waals surface area contributed by atoms with E-state index < -0.39 is 11.2 Å². The Morgan fingerprint density at radius 3 is 2.59 bits per heavy atom. The Morgan fingerprint density at radius 2 is 1.84 bits per heavy atom. The number of hydrogen-bond acceptors (Lipinski definition) is 7. The summed E-state index contributed by atoms with van der Waals surface area (Å²) >= 11 is 0. The number of H-pyrrole nitrogens is 1. The number of methoxy groups -OCH3 is 3. The summed E-state index contributed by atoms with van der Waals surface area (Å²) in [7, 11) is 4.87. The van der Waals surface area contributed by atoms with E-state index in [1.54, 1.807) is 28.3 Å². The fourth-order valence-corrected chi connectivity index (χ4v) is 4.38. The minimum Gasteiger partial charge on any atom is -0.501 e. The number of aromatic amines is 1. The number of fused-ring (bicyclic) bond motifs is 1. The van der Waals surface area contributed by atoms with Gasteiger partial charge in [0, 0.05) is 47.9 Å². The molecule has 2 N–H and O–H groups in total. The molecule has 0 saturated carbocycles. The molecule has 0 aliphatic rings. The van der Waals surface area contributed by atoms with Crippen LogP contribution in [-0.2, 0) is 11.3 Å². The molecule has 37 heavy (non-hydrogen) atoms. The number of nitrogens with zero attached hydrogens (tertiary/aromatic N) is 2. The number of rotatable bonds is 8. The van der Waals surface area contributed by atoms with Crippen LogP contribution in [0.25, 0.3) is 45.0 Å². The number of aromatic hydroxyl groups is 1. The second kappa shape index (κ2) is 9.87. The van der Waals surface area contributed by atoms with Gasteiger partial charge in [0.1, 0.15) is 34.5 Å². The Hall–Kier alpha value is -4.50. The van der Waals surface area contributed by atoms with Crippen LogP contribution < -0.4 is 14.9 Å². The van der Waals surface area contributed by atoms with Gasteiger partial charge in [-0.3, -0.25) is 4.79 Å². The predicted octanol–water partition coefficient (Wildman–Crippen LogP) is 5.00. The summed E-state index contributed by atoms with van der Waals surface area (Å²) in [6.07, 6.45) is 1.99. The molecule has 9 heteroatoms. The van der Waals surface area contributed by atoms with E-state index in [1.165, 1.54) is 6.07 Å². The summed E-state index contributed by atoms with van der Waals surface area (Å²) in [5.74, 6) is 1.78. The van der Waals surface area contributed by atoms with Crippen molar-refractivity contribution in [2.75, 3.05) is 27.9 Å². The Morgan fingerprint density at radius 1 is 1.05 bits per heavy atom. The lowest BCUT2D eigenvalue weighted by Gasteiger charge is -2.06. The van der Waals surface area contributed by atoms with Crippen LogP contribution in [0.1, 0.15) is 5.76 Å². The van der Waals surface area contributed by atoms with Crippen molar-refractivity contribution < 1.29 is 23.7 Å². The molecule has 0 aliphatic heterocycles. The van der Waals surface area contributed by atoms with Crippen LogP contribution in [0.15, 0.2) is 63.9 Å². The van der Waals surface area contributed by atoms with E-state index in [2.05, 4.69) is 9.55 Å². The molecule has 2 aromatic carbocycles. The highest BCUT2D eigenvalue weighted by Gasteiger charge is 2.24. The van der Waals surface area contributed by atoms with Gasteiger partial charge in [-0.1, -0.05) is 12.1 Å². The second-order valence-electron chi connectivity index (χ2n) is 8.55. The van der Waals surface area contributed by atoms with Crippen LogP contribution in [-0.4, -0.2) is 47.6 Å². The van der Waals surface area contributed by atoms with Crippen molar-refractivity contribution in [2.24, 2.45) is 0 Å². The zero-order valence-electron chi connectivity index (χ0n) is 21.0. The first-order chi connectivity index (χ1) is 17.9. The number of ether oxygens (including phenoxy) is 3. The SMILES string of the molecule is COCCn1cc(-c2nc(-c3cccc(OC)c3)c(-c3oc(C)cc(=O)c3O)[nH]2)c2cc(OC)ccc21. The van der Waals surface area contributed by atoms with Crippen LogP contribution in [0.5, 0.6) is 17.2 Å². The van der Waals surface area contributed by atoms with Crippen molar-refractivity contribution in [3.8, 4) is 51.3 Å². The maximum atomic E-state index is 12.4. The van der Waals surface area contributed by atoms with Crippen LogP contribution >= 0.6 is 0 Å². The topological polar surface area (TPSA) is 112 Å². The molecule has 190 valence electrons. The van der Waals surface area contributed by atoms with Gasteiger partial charge in [-0.05, 0) is 37.3 Å². The zero-order chi connectivity index (χ0) is 26.1. The van der Waals surface area contributed by atoms with E-state index in [0.29, 0.717) is 47.6 Å². The average Bonchev–Trinajstić information content (AvgIpc) is 3.51. The highest BCUT2D eigenvalue weighted by molar-refractivity contribution is 5.96. The Bertz CT molecular complexity index is 1650. The molecule has 0 radical (unpaired) electrons. The number of benzene rings is 2. The monoisotopic (exact) mass is 501 g/mol. The maximum absolute atomic E-state index is 12.4. The van der Waals surface area contributed by atoms with Gasteiger partial charge in [0.2, 0.25) is 11.2 Å². The molecular formula is C28H27N3O6. The first kappa shape index (κ1) is 24.2. The molecule has 0 bridgehead atoms. The molecule has 0 saturated heterocycles. The zero-order valence-corrected chi connectivity index (χ0v) is 21.0. The maximum Gasteiger partial charge on any atom is 0.227 e. The highest BCUT2D eigenvalue weighted by Crippen LogP contribution is 2.39. The molecule has 5 rings (SSSR count). The van der Waals surface area contributed by atoms with Crippen molar-refractivity contribution in [3.63, 3.8) is 0 Å². The smallest absolute Gasteiger partial charge is 0.227 e. The van der Waals surface area contributed by atoms with Crippen LogP contribution in [0.2, 0.25) is 0 Å². The van der Waals surface area contributed by atoms with Gasteiger partial charge in [-0.25, -0.2) is 4.98 Å². The van der Waals surface area contributed by atoms with Gasteiger partial charge in [-0.15, -0.1) is 0 Å². The van der Waals surface area contributed by atoms with Gasteiger partial charge in [0.05, 0.1) is 20.8 Å². The van der Waals surface area contributed by atoms with Gasteiger partial charge in [0.15, 0.2) is 5.76 Å². The van der Waals surface area contributed by atoms with Crippen LogP contribution in [0, 0.1) is 6.92 Å². The molecule has 9 nitrogen and oxygen atoms in total. The normalized spacial score (nSPS) is 11.2. The summed E-state index contributed by atoms with van der Waals surface area (Å²) in [5.41, 5.74) is 2.86. The lowest BCUT2D eigenvalue weighted by atomic mass is 10.1. The number of hydrogen-bond donors (Lipinski definition) is 2. The Labute approximate surface area is 212 Å². The Balaban J connectivity index is 1.78. The molecule has 0 fully saturated rings. The molecule has 0 aliphatic carbocycles. The van der Waals surface area contributed by atoms with Crippen molar-refractivity contribution in [2.45, 2.75) is 13.5 Å². The number of aryl methyl sites for hydroxylation is 1.